The number of ether oxygens (including phenoxy) is 1. The van der Waals surface area contributed by atoms with Gasteiger partial charge in [0.2, 0.25) is 5.88 Å². The van der Waals surface area contributed by atoms with Crippen molar-refractivity contribution in [1.29, 1.82) is 0 Å². The first kappa shape index (κ1) is 10.5. The zero-order valence-electron chi connectivity index (χ0n) is 8.82. The standard InChI is InChI=1S/C11H9FN2O2/c1-6(15)10-7(12)5-13-8-3-4-9(16-2)14-11(8)10/h3-5H,1-2H3. The SMILES string of the molecule is COc1ccc2ncc(F)c(C(C)=O)c2n1. The molecule has 0 aromatic carbocycles. The first-order chi connectivity index (χ1) is 7.63. The average Bonchev–Trinajstić information content (AvgIpc) is 2.27. The third-order valence-electron chi connectivity index (χ3n) is 2.20. The average molecular weight is 220 g/mol. The van der Waals surface area contributed by atoms with E-state index in [1.165, 1.54) is 14.0 Å². The Hall–Kier alpha value is -2.04. The van der Waals surface area contributed by atoms with E-state index in [-0.39, 0.29) is 16.9 Å². The Morgan fingerprint density at radius 1 is 1.44 bits per heavy atom. The van der Waals surface area contributed by atoms with E-state index in [4.69, 9.17) is 4.74 Å². The number of rotatable bonds is 2. The fourth-order valence-corrected chi connectivity index (χ4v) is 1.47. The van der Waals surface area contributed by atoms with E-state index in [0.29, 0.717) is 11.4 Å². The molecule has 0 aliphatic carbocycles. The molecule has 0 aliphatic rings. The molecular weight excluding hydrogens is 211 g/mol. The van der Waals surface area contributed by atoms with Gasteiger partial charge in [0.15, 0.2) is 11.6 Å². The van der Waals surface area contributed by atoms with Crippen molar-refractivity contribution in [3.63, 3.8) is 0 Å². The molecule has 16 heavy (non-hydrogen) atoms. The molecule has 0 N–H and O–H groups in total. The van der Waals surface area contributed by atoms with Crippen LogP contribution >= 0.6 is 0 Å². The van der Waals surface area contributed by atoms with E-state index in [1.54, 1.807) is 12.1 Å². The third-order valence-corrected chi connectivity index (χ3v) is 2.20. The van der Waals surface area contributed by atoms with Crippen molar-refractivity contribution < 1.29 is 13.9 Å². The van der Waals surface area contributed by atoms with Crippen LogP contribution in [0.5, 0.6) is 5.88 Å². The third kappa shape index (κ3) is 1.60. The van der Waals surface area contributed by atoms with Gasteiger partial charge in [-0.15, -0.1) is 0 Å². The smallest absolute Gasteiger partial charge is 0.213 e. The second kappa shape index (κ2) is 3.84. The lowest BCUT2D eigenvalue weighted by Crippen LogP contribution is -2.02. The highest BCUT2D eigenvalue weighted by atomic mass is 19.1. The minimum atomic E-state index is -0.666. The molecule has 0 spiro atoms. The largest absolute Gasteiger partial charge is 0.481 e. The highest BCUT2D eigenvalue weighted by Crippen LogP contribution is 2.20. The number of halogens is 1. The van der Waals surface area contributed by atoms with Crippen LogP contribution in [0.25, 0.3) is 11.0 Å². The molecule has 0 bridgehead atoms. The Labute approximate surface area is 91.1 Å². The maximum atomic E-state index is 13.4. The second-order valence-corrected chi connectivity index (χ2v) is 3.26. The molecule has 2 aromatic rings. The molecule has 0 atom stereocenters. The van der Waals surface area contributed by atoms with E-state index in [9.17, 15) is 9.18 Å². The monoisotopic (exact) mass is 220 g/mol. The van der Waals surface area contributed by atoms with Gasteiger partial charge in [-0.2, -0.15) is 0 Å². The van der Waals surface area contributed by atoms with Gasteiger partial charge in [-0.25, -0.2) is 9.37 Å². The van der Waals surface area contributed by atoms with Gasteiger partial charge in [0.1, 0.15) is 5.52 Å². The summed E-state index contributed by atoms with van der Waals surface area (Å²) >= 11 is 0. The van der Waals surface area contributed by atoms with Crippen molar-refractivity contribution in [1.82, 2.24) is 9.97 Å². The molecule has 0 radical (unpaired) electrons. The molecular formula is C11H9FN2O2. The summed E-state index contributed by atoms with van der Waals surface area (Å²) in [5.74, 6) is -0.728. The molecule has 4 nitrogen and oxygen atoms in total. The first-order valence-corrected chi connectivity index (χ1v) is 4.63. The number of nitrogens with zero attached hydrogens (tertiary/aromatic N) is 2. The first-order valence-electron chi connectivity index (χ1n) is 4.63. The fraction of sp³-hybridized carbons (Fsp3) is 0.182. The highest BCUT2D eigenvalue weighted by Gasteiger charge is 2.14. The lowest BCUT2D eigenvalue weighted by atomic mass is 10.1. The fourth-order valence-electron chi connectivity index (χ4n) is 1.47. The predicted octanol–water partition coefficient (Wildman–Crippen LogP) is 1.98. The van der Waals surface area contributed by atoms with Gasteiger partial charge in [-0.05, 0) is 13.0 Å². The summed E-state index contributed by atoms with van der Waals surface area (Å²) in [6.07, 6.45) is 1.02. The maximum Gasteiger partial charge on any atom is 0.213 e. The van der Waals surface area contributed by atoms with E-state index in [2.05, 4.69) is 9.97 Å². The zero-order chi connectivity index (χ0) is 11.7. The lowest BCUT2D eigenvalue weighted by Gasteiger charge is -2.05. The molecule has 2 aromatic heterocycles. The van der Waals surface area contributed by atoms with Crippen LogP contribution in [0.4, 0.5) is 4.39 Å². The van der Waals surface area contributed by atoms with E-state index in [0.717, 1.165) is 6.20 Å². The number of pyridine rings is 2. The number of ketones is 1. The molecule has 2 heterocycles. The van der Waals surface area contributed by atoms with Crippen LogP contribution in [0, 0.1) is 5.82 Å². The van der Waals surface area contributed by atoms with Crippen LogP contribution in [0.1, 0.15) is 17.3 Å². The summed E-state index contributed by atoms with van der Waals surface area (Å²) in [5.41, 5.74) is 0.642. The second-order valence-electron chi connectivity index (χ2n) is 3.26. The Morgan fingerprint density at radius 2 is 2.19 bits per heavy atom. The number of fused-ring (bicyclic) bond motifs is 1. The van der Waals surface area contributed by atoms with E-state index >= 15 is 0 Å². The Bertz CT molecular complexity index is 569. The van der Waals surface area contributed by atoms with Gasteiger partial charge in [0.25, 0.3) is 0 Å². The van der Waals surface area contributed by atoms with Crippen LogP contribution in [0.3, 0.4) is 0 Å². The summed E-state index contributed by atoms with van der Waals surface area (Å²) in [6, 6.07) is 3.24. The number of hydrogen-bond acceptors (Lipinski definition) is 4. The van der Waals surface area contributed by atoms with Crippen LogP contribution in [-0.2, 0) is 0 Å². The van der Waals surface area contributed by atoms with E-state index in [1.807, 2.05) is 0 Å². The van der Waals surface area contributed by atoms with Crippen molar-refractivity contribution >= 4 is 16.8 Å². The number of aromatic nitrogens is 2. The zero-order valence-corrected chi connectivity index (χ0v) is 8.82. The highest BCUT2D eigenvalue weighted by molar-refractivity contribution is 6.04. The predicted molar refractivity (Wildman–Crippen MR) is 56.1 cm³/mol. The van der Waals surface area contributed by atoms with Crippen LogP contribution in [-0.4, -0.2) is 22.9 Å². The minimum absolute atomic E-state index is 0.0519. The summed E-state index contributed by atoms with van der Waals surface area (Å²) in [4.78, 5) is 19.2. The Balaban J connectivity index is 2.83. The van der Waals surface area contributed by atoms with Crippen molar-refractivity contribution in [2.24, 2.45) is 0 Å². The van der Waals surface area contributed by atoms with Gasteiger partial charge in [-0.3, -0.25) is 9.78 Å². The van der Waals surface area contributed by atoms with Crippen LogP contribution in [0.2, 0.25) is 0 Å². The number of carbonyl (C=O) groups excluding carboxylic acids is 1. The molecule has 0 saturated carbocycles. The molecule has 0 amide bonds. The van der Waals surface area contributed by atoms with Crippen molar-refractivity contribution in [3.05, 3.63) is 29.7 Å². The molecule has 0 unspecified atom stereocenters. The Morgan fingerprint density at radius 3 is 2.81 bits per heavy atom. The van der Waals surface area contributed by atoms with Crippen LogP contribution < -0.4 is 4.74 Å². The van der Waals surface area contributed by atoms with Gasteiger partial charge in [-0.1, -0.05) is 0 Å². The summed E-state index contributed by atoms with van der Waals surface area (Å²) < 4.78 is 18.4. The number of hydrogen-bond donors (Lipinski definition) is 0. The number of methoxy groups -OCH3 is 1. The Kier molecular flexibility index (Phi) is 2.52. The van der Waals surface area contributed by atoms with Gasteiger partial charge in [0, 0.05) is 6.07 Å². The van der Waals surface area contributed by atoms with Crippen molar-refractivity contribution in [2.75, 3.05) is 7.11 Å². The van der Waals surface area contributed by atoms with Gasteiger partial charge >= 0.3 is 0 Å². The quantitative estimate of drug-likeness (QED) is 0.726. The molecule has 0 saturated heterocycles. The van der Waals surface area contributed by atoms with Crippen molar-refractivity contribution in [2.45, 2.75) is 6.92 Å². The summed E-state index contributed by atoms with van der Waals surface area (Å²) in [7, 11) is 1.45. The topological polar surface area (TPSA) is 52.1 Å². The molecule has 0 aliphatic heterocycles. The van der Waals surface area contributed by atoms with Crippen molar-refractivity contribution in [3.8, 4) is 5.88 Å². The molecule has 5 heteroatoms. The summed E-state index contributed by atoms with van der Waals surface area (Å²) in [6.45, 7) is 1.29. The molecule has 0 fully saturated rings. The normalized spacial score (nSPS) is 10.4. The van der Waals surface area contributed by atoms with E-state index < -0.39 is 5.82 Å². The van der Waals surface area contributed by atoms with Gasteiger partial charge in [0.05, 0.1) is 24.4 Å². The number of carbonyl (C=O) groups is 1. The number of Topliss-reactive ketones (excluding diaryl/α,β-unsaturated/α-hetero) is 1. The molecule has 2 rings (SSSR count). The minimum Gasteiger partial charge on any atom is -0.481 e. The van der Waals surface area contributed by atoms with Gasteiger partial charge < -0.3 is 4.74 Å². The lowest BCUT2D eigenvalue weighted by molar-refractivity contribution is 0.101. The van der Waals surface area contributed by atoms with Crippen LogP contribution in [0.15, 0.2) is 18.3 Å². The molecule has 82 valence electrons. The maximum absolute atomic E-state index is 13.4. The summed E-state index contributed by atoms with van der Waals surface area (Å²) in [5, 5.41) is 0.